The zero-order chi connectivity index (χ0) is 13.5. The lowest BCUT2D eigenvalue weighted by Crippen LogP contribution is -2.14. The third-order valence-electron chi connectivity index (χ3n) is 2.40. The van der Waals surface area contributed by atoms with Gasteiger partial charge in [0.1, 0.15) is 0 Å². The van der Waals surface area contributed by atoms with Gasteiger partial charge in [0.15, 0.2) is 0 Å². The van der Waals surface area contributed by atoms with E-state index in [1.165, 1.54) is 11.8 Å². The van der Waals surface area contributed by atoms with Crippen LogP contribution in [0, 0.1) is 0 Å². The highest BCUT2D eigenvalue weighted by Crippen LogP contribution is 2.25. The fourth-order valence-corrected chi connectivity index (χ4v) is 2.76. The van der Waals surface area contributed by atoms with Gasteiger partial charge in [0.25, 0.3) is 0 Å². The average molecular weight is 290 g/mol. The third kappa shape index (κ3) is 4.29. The van der Waals surface area contributed by atoms with Gasteiger partial charge in [0.05, 0.1) is 11.4 Å². The fourth-order valence-electron chi connectivity index (χ4n) is 1.52. The van der Waals surface area contributed by atoms with Gasteiger partial charge in [-0.25, -0.2) is 0 Å². The second kappa shape index (κ2) is 7.21. The smallest absolute Gasteiger partial charge is 0.234 e. The Balaban J connectivity index is 1.91. The van der Waals surface area contributed by atoms with Gasteiger partial charge in [-0.2, -0.15) is 0 Å². The SMILES string of the molecule is CSc1ccccc1NC(=O)CSc1ccncc1. The van der Waals surface area contributed by atoms with Crippen molar-refractivity contribution in [2.45, 2.75) is 9.79 Å². The Morgan fingerprint density at radius 3 is 2.68 bits per heavy atom. The van der Waals surface area contributed by atoms with E-state index < -0.39 is 0 Å². The summed E-state index contributed by atoms with van der Waals surface area (Å²) in [6, 6.07) is 11.6. The van der Waals surface area contributed by atoms with Gasteiger partial charge in [-0.1, -0.05) is 12.1 Å². The predicted octanol–water partition coefficient (Wildman–Crippen LogP) is 3.53. The molecule has 0 spiro atoms. The van der Waals surface area contributed by atoms with Crippen LogP contribution in [0.4, 0.5) is 5.69 Å². The maximum atomic E-state index is 11.9. The van der Waals surface area contributed by atoms with Crippen LogP contribution in [0.25, 0.3) is 0 Å². The molecule has 0 unspecified atom stereocenters. The number of aromatic nitrogens is 1. The van der Waals surface area contributed by atoms with E-state index in [2.05, 4.69) is 10.3 Å². The second-order valence-corrected chi connectivity index (χ2v) is 5.62. The topological polar surface area (TPSA) is 42.0 Å². The molecule has 0 fully saturated rings. The van der Waals surface area contributed by atoms with E-state index in [0.717, 1.165) is 15.5 Å². The number of nitrogens with one attached hydrogen (secondary N) is 1. The maximum absolute atomic E-state index is 11.9. The van der Waals surface area contributed by atoms with Crippen LogP contribution in [0.3, 0.4) is 0 Å². The molecule has 19 heavy (non-hydrogen) atoms. The van der Waals surface area contributed by atoms with Crippen LogP contribution in [-0.4, -0.2) is 22.9 Å². The first-order valence-electron chi connectivity index (χ1n) is 5.75. The molecule has 2 aromatic rings. The molecule has 5 heteroatoms. The highest BCUT2D eigenvalue weighted by Gasteiger charge is 2.06. The molecule has 2 rings (SSSR count). The molecule has 0 aliphatic carbocycles. The first-order valence-corrected chi connectivity index (χ1v) is 7.96. The lowest BCUT2D eigenvalue weighted by molar-refractivity contribution is -0.113. The number of carbonyl (C=O) groups is 1. The quantitative estimate of drug-likeness (QED) is 0.855. The molecule has 1 heterocycles. The molecule has 0 aliphatic rings. The lowest BCUT2D eigenvalue weighted by Gasteiger charge is -2.08. The molecule has 0 saturated carbocycles. The van der Waals surface area contributed by atoms with Crippen LogP contribution in [0.2, 0.25) is 0 Å². The zero-order valence-corrected chi connectivity index (χ0v) is 12.1. The van der Waals surface area contributed by atoms with Gasteiger partial charge in [-0.05, 0) is 30.5 Å². The Bertz CT molecular complexity index is 546. The van der Waals surface area contributed by atoms with Crippen LogP contribution in [-0.2, 0) is 4.79 Å². The number of nitrogens with zero attached hydrogens (tertiary/aromatic N) is 1. The molecule has 0 radical (unpaired) electrons. The maximum Gasteiger partial charge on any atom is 0.234 e. The van der Waals surface area contributed by atoms with E-state index in [0.29, 0.717) is 5.75 Å². The first kappa shape index (κ1) is 14.0. The number of benzene rings is 1. The summed E-state index contributed by atoms with van der Waals surface area (Å²) in [6.45, 7) is 0. The van der Waals surface area contributed by atoms with E-state index in [1.54, 1.807) is 24.2 Å². The molecule has 3 nitrogen and oxygen atoms in total. The Morgan fingerprint density at radius 1 is 1.21 bits per heavy atom. The average Bonchev–Trinajstić information content (AvgIpc) is 2.47. The predicted molar refractivity (Wildman–Crippen MR) is 81.8 cm³/mol. The van der Waals surface area contributed by atoms with Gasteiger partial charge in [0.2, 0.25) is 5.91 Å². The summed E-state index contributed by atoms with van der Waals surface area (Å²) in [5, 5.41) is 2.94. The zero-order valence-electron chi connectivity index (χ0n) is 10.5. The number of hydrogen-bond donors (Lipinski definition) is 1. The number of anilines is 1. The van der Waals surface area contributed by atoms with Crippen molar-refractivity contribution in [1.29, 1.82) is 0 Å². The second-order valence-electron chi connectivity index (χ2n) is 3.72. The molecule has 0 saturated heterocycles. The van der Waals surface area contributed by atoms with E-state index in [9.17, 15) is 4.79 Å². The Labute approximate surface area is 121 Å². The third-order valence-corrected chi connectivity index (χ3v) is 4.21. The molecule has 1 aromatic carbocycles. The minimum atomic E-state index is 0.00307. The molecule has 98 valence electrons. The van der Waals surface area contributed by atoms with Crippen molar-refractivity contribution in [3.05, 3.63) is 48.8 Å². The Morgan fingerprint density at radius 2 is 1.95 bits per heavy atom. The van der Waals surface area contributed by atoms with Crippen molar-refractivity contribution >= 4 is 35.1 Å². The summed E-state index contributed by atoms with van der Waals surface area (Å²) in [4.78, 5) is 18.0. The molecular formula is C14H14N2OS2. The number of hydrogen-bond acceptors (Lipinski definition) is 4. The first-order chi connectivity index (χ1) is 9.29. The largest absolute Gasteiger partial charge is 0.324 e. The van der Waals surface area contributed by atoms with Gasteiger partial charge in [-0.15, -0.1) is 23.5 Å². The molecular weight excluding hydrogens is 276 g/mol. The van der Waals surface area contributed by atoms with E-state index >= 15 is 0 Å². The normalized spacial score (nSPS) is 10.2. The number of amides is 1. The van der Waals surface area contributed by atoms with Crippen molar-refractivity contribution in [2.75, 3.05) is 17.3 Å². The van der Waals surface area contributed by atoms with Crippen LogP contribution >= 0.6 is 23.5 Å². The molecule has 1 aromatic heterocycles. The molecule has 1 N–H and O–H groups in total. The molecule has 0 atom stereocenters. The summed E-state index contributed by atoms with van der Waals surface area (Å²) in [5.74, 6) is 0.399. The van der Waals surface area contributed by atoms with Gasteiger partial charge in [-0.3, -0.25) is 9.78 Å². The standard InChI is InChI=1S/C14H14N2OS2/c1-18-13-5-3-2-4-12(13)16-14(17)10-19-11-6-8-15-9-7-11/h2-9H,10H2,1H3,(H,16,17). The van der Waals surface area contributed by atoms with Crippen molar-refractivity contribution in [2.24, 2.45) is 0 Å². The summed E-state index contributed by atoms with van der Waals surface area (Å²) < 4.78 is 0. The number of para-hydroxylation sites is 1. The summed E-state index contributed by atoms with van der Waals surface area (Å²) >= 11 is 3.12. The highest BCUT2D eigenvalue weighted by molar-refractivity contribution is 8.00. The van der Waals surface area contributed by atoms with Crippen molar-refractivity contribution in [3.8, 4) is 0 Å². The lowest BCUT2D eigenvalue weighted by atomic mass is 10.3. The van der Waals surface area contributed by atoms with E-state index in [1.807, 2.05) is 42.7 Å². The Kier molecular flexibility index (Phi) is 5.30. The minimum Gasteiger partial charge on any atom is -0.324 e. The van der Waals surface area contributed by atoms with E-state index in [-0.39, 0.29) is 5.91 Å². The van der Waals surface area contributed by atoms with Crippen molar-refractivity contribution in [3.63, 3.8) is 0 Å². The van der Waals surface area contributed by atoms with Gasteiger partial charge in [0, 0.05) is 22.2 Å². The Hall–Kier alpha value is -1.46. The van der Waals surface area contributed by atoms with Gasteiger partial charge >= 0.3 is 0 Å². The van der Waals surface area contributed by atoms with Crippen molar-refractivity contribution in [1.82, 2.24) is 4.98 Å². The van der Waals surface area contributed by atoms with Crippen LogP contribution in [0.5, 0.6) is 0 Å². The van der Waals surface area contributed by atoms with Crippen molar-refractivity contribution < 1.29 is 4.79 Å². The molecule has 0 bridgehead atoms. The summed E-state index contributed by atoms with van der Waals surface area (Å²) in [7, 11) is 0. The van der Waals surface area contributed by atoms with E-state index in [4.69, 9.17) is 0 Å². The van der Waals surface area contributed by atoms with Crippen LogP contribution in [0.1, 0.15) is 0 Å². The fraction of sp³-hybridized carbons (Fsp3) is 0.143. The monoisotopic (exact) mass is 290 g/mol. The van der Waals surface area contributed by atoms with Gasteiger partial charge < -0.3 is 5.32 Å². The minimum absolute atomic E-state index is 0.00307. The number of carbonyl (C=O) groups excluding carboxylic acids is 1. The number of pyridine rings is 1. The summed E-state index contributed by atoms with van der Waals surface area (Å²) in [5.41, 5.74) is 0.871. The van der Waals surface area contributed by atoms with Crippen LogP contribution < -0.4 is 5.32 Å². The summed E-state index contributed by atoms with van der Waals surface area (Å²) in [6.07, 6.45) is 5.45. The highest BCUT2D eigenvalue weighted by atomic mass is 32.2. The number of thioether (sulfide) groups is 2. The molecule has 1 amide bonds. The molecule has 0 aliphatic heterocycles. The number of rotatable bonds is 5. The van der Waals surface area contributed by atoms with Crippen LogP contribution in [0.15, 0.2) is 58.6 Å².